The zero-order chi connectivity index (χ0) is 8.10. The number of benzene rings is 1. The summed E-state index contributed by atoms with van der Waals surface area (Å²) in [5, 5.41) is 3.26. The fraction of sp³-hybridized carbons (Fsp3) is 0.333. The van der Waals surface area contributed by atoms with E-state index in [0.717, 1.165) is 5.88 Å². The van der Waals surface area contributed by atoms with E-state index in [0.29, 0.717) is 0 Å². The highest BCUT2D eigenvalue weighted by molar-refractivity contribution is 7.99. The van der Waals surface area contributed by atoms with E-state index in [9.17, 15) is 0 Å². The molecule has 0 bridgehead atoms. The van der Waals surface area contributed by atoms with Crippen LogP contribution in [0.3, 0.4) is 0 Å². The Hall–Kier alpha value is -0.630. The third-order valence-corrected chi connectivity index (χ3v) is 2.33. The first-order valence-electron chi connectivity index (χ1n) is 3.92. The quantitative estimate of drug-likeness (QED) is 0.637. The molecule has 0 aromatic heterocycles. The van der Waals surface area contributed by atoms with E-state index in [4.69, 9.17) is 0 Å². The van der Waals surface area contributed by atoms with Gasteiger partial charge in [-0.05, 0) is 12.1 Å². The number of nitrogens with one attached hydrogen (secondary N) is 1. The molecule has 1 heterocycles. The number of anilines is 1. The fourth-order valence-electron chi connectivity index (χ4n) is 0.930. The van der Waals surface area contributed by atoms with Crippen molar-refractivity contribution in [3.8, 4) is 0 Å². The van der Waals surface area contributed by atoms with Gasteiger partial charge in [0.25, 0.3) is 0 Å². The van der Waals surface area contributed by atoms with Crippen molar-refractivity contribution in [3.63, 3.8) is 0 Å². The Morgan fingerprint density at radius 1 is 1.27 bits per heavy atom. The molecule has 1 aliphatic heterocycles. The van der Waals surface area contributed by atoms with E-state index in [1.165, 1.54) is 10.6 Å². The minimum atomic E-state index is 1.03. The second-order valence-electron chi connectivity index (χ2n) is 1.96. The molecule has 0 amide bonds. The largest absolute Gasteiger partial charge is 0.375 e. The Morgan fingerprint density at radius 2 is 2.00 bits per heavy atom. The monoisotopic (exact) mass is 167 g/mol. The Labute approximate surface area is 72.2 Å². The summed E-state index contributed by atoms with van der Waals surface area (Å²) in [7, 11) is 0. The van der Waals surface area contributed by atoms with Crippen LogP contribution in [0, 0.1) is 0 Å². The molecule has 0 radical (unpaired) electrons. The Balaban J connectivity index is 0.000000281. The molecule has 2 rings (SSSR count). The van der Waals surface area contributed by atoms with Gasteiger partial charge in [-0.1, -0.05) is 26.0 Å². The van der Waals surface area contributed by atoms with Crippen LogP contribution in [0.2, 0.25) is 0 Å². The lowest BCUT2D eigenvalue weighted by Gasteiger charge is -1.92. The maximum Gasteiger partial charge on any atom is 0.0658 e. The fourth-order valence-corrected chi connectivity index (χ4v) is 1.78. The van der Waals surface area contributed by atoms with Crippen molar-refractivity contribution in [1.82, 2.24) is 0 Å². The summed E-state index contributed by atoms with van der Waals surface area (Å²) < 4.78 is 0. The van der Waals surface area contributed by atoms with Crippen molar-refractivity contribution in [3.05, 3.63) is 24.3 Å². The zero-order valence-corrected chi connectivity index (χ0v) is 7.74. The lowest BCUT2D eigenvalue weighted by molar-refractivity contribution is 1.43. The van der Waals surface area contributed by atoms with Gasteiger partial charge in [0.15, 0.2) is 0 Å². The smallest absolute Gasteiger partial charge is 0.0658 e. The Bertz CT molecular complexity index is 200. The van der Waals surface area contributed by atoms with Gasteiger partial charge in [0.2, 0.25) is 0 Å². The molecule has 0 spiro atoms. The second-order valence-corrected chi connectivity index (χ2v) is 2.98. The first-order chi connectivity index (χ1) is 5.47. The van der Waals surface area contributed by atoms with Gasteiger partial charge in [0, 0.05) is 10.6 Å². The van der Waals surface area contributed by atoms with Gasteiger partial charge in [0.05, 0.1) is 5.88 Å². The van der Waals surface area contributed by atoms with Gasteiger partial charge in [-0.2, -0.15) is 0 Å². The van der Waals surface area contributed by atoms with Crippen molar-refractivity contribution >= 4 is 17.4 Å². The van der Waals surface area contributed by atoms with Gasteiger partial charge < -0.3 is 5.32 Å². The molecule has 1 aromatic rings. The number of thioether (sulfide) groups is 1. The van der Waals surface area contributed by atoms with Crippen molar-refractivity contribution in [2.24, 2.45) is 0 Å². The van der Waals surface area contributed by atoms with E-state index in [-0.39, 0.29) is 0 Å². The van der Waals surface area contributed by atoms with E-state index in [2.05, 4.69) is 29.6 Å². The van der Waals surface area contributed by atoms with Crippen LogP contribution in [0.15, 0.2) is 29.2 Å². The van der Waals surface area contributed by atoms with Crippen LogP contribution in [0.5, 0.6) is 0 Å². The summed E-state index contributed by atoms with van der Waals surface area (Å²) >= 11 is 1.86. The average molecular weight is 167 g/mol. The SMILES string of the molecule is CC.c1ccc2c(c1)NCS2. The third-order valence-electron chi connectivity index (χ3n) is 1.38. The number of fused-ring (bicyclic) bond motifs is 1. The highest BCUT2D eigenvalue weighted by atomic mass is 32.2. The van der Waals surface area contributed by atoms with Gasteiger partial charge >= 0.3 is 0 Å². The minimum absolute atomic E-state index is 1.03. The first kappa shape index (κ1) is 8.47. The van der Waals surface area contributed by atoms with E-state index in [1.54, 1.807) is 0 Å². The van der Waals surface area contributed by atoms with Gasteiger partial charge in [-0.3, -0.25) is 0 Å². The summed E-state index contributed by atoms with van der Waals surface area (Å²) in [6.07, 6.45) is 0. The van der Waals surface area contributed by atoms with Gasteiger partial charge in [0.1, 0.15) is 0 Å². The predicted molar refractivity (Wildman–Crippen MR) is 52.1 cm³/mol. The Kier molecular flexibility index (Phi) is 3.30. The summed E-state index contributed by atoms with van der Waals surface area (Å²) in [6.45, 7) is 4.00. The highest BCUT2D eigenvalue weighted by Crippen LogP contribution is 2.32. The molecule has 0 fully saturated rings. The van der Waals surface area contributed by atoms with Crippen LogP contribution >= 0.6 is 11.8 Å². The molecule has 2 heteroatoms. The molecule has 1 N–H and O–H groups in total. The molecule has 1 nitrogen and oxygen atoms in total. The molecule has 60 valence electrons. The molecule has 1 aromatic carbocycles. The molecular weight excluding hydrogens is 154 g/mol. The molecule has 0 aliphatic carbocycles. The Morgan fingerprint density at radius 3 is 2.73 bits per heavy atom. The summed E-state index contributed by atoms with van der Waals surface area (Å²) in [6, 6.07) is 8.37. The predicted octanol–water partition coefficient (Wildman–Crippen LogP) is 3.19. The highest BCUT2D eigenvalue weighted by Gasteiger charge is 2.06. The van der Waals surface area contributed by atoms with Crippen LogP contribution in [0.25, 0.3) is 0 Å². The van der Waals surface area contributed by atoms with Crippen LogP contribution in [0.4, 0.5) is 5.69 Å². The zero-order valence-electron chi connectivity index (χ0n) is 6.92. The number of para-hydroxylation sites is 1. The van der Waals surface area contributed by atoms with E-state index < -0.39 is 0 Å². The van der Waals surface area contributed by atoms with E-state index >= 15 is 0 Å². The summed E-state index contributed by atoms with van der Waals surface area (Å²) in [5.41, 5.74) is 1.28. The summed E-state index contributed by atoms with van der Waals surface area (Å²) in [4.78, 5) is 1.37. The maximum absolute atomic E-state index is 3.26. The molecule has 11 heavy (non-hydrogen) atoms. The van der Waals surface area contributed by atoms with Gasteiger partial charge in [-0.25, -0.2) is 0 Å². The van der Waals surface area contributed by atoms with Crippen molar-refractivity contribution < 1.29 is 0 Å². The number of rotatable bonds is 0. The van der Waals surface area contributed by atoms with Crippen LogP contribution in [0.1, 0.15) is 13.8 Å². The van der Waals surface area contributed by atoms with Crippen LogP contribution in [-0.2, 0) is 0 Å². The number of hydrogen-bond acceptors (Lipinski definition) is 2. The van der Waals surface area contributed by atoms with Crippen molar-refractivity contribution in [1.29, 1.82) is 0 Å². The number of hydrogen-bond donors (Lipinski definition) is 1. The van der Waals surface area contributed by atoms with Crippen LogP contribution < -0.4 is 5.32 Å². The average Bonchev–Trinajstić information content (AvgIpc) is 2.55. The molecular formula is C9H13NS. The molecule has 0 atom stereocenters. The maximum atomic E-state index is 3.26. The lowest BCUT2D eigenvalue weighted by atomic mass is 10.3. The summed E-state index contributed by atoms with van der Waals surface area (Å²) in [5.74, 6) is 1.03. The van der Waals surface area contributed by atoms with E-state index in [1.807, 2.05) is 25.6 Å². The second kappa shape index (κ2) is 4.29. The lowest BCUT2D eigenvalue weighted by Crippen LogP contribution is -1.86. The minimum Gasteiger partial charge on any atom is -0.375 e. The normalized spacial score (nSPS) is 12.5. The first-order valence-corrected chi connectivity index (χ1v) is 4.91. The molecule has 0 saturated heterocycles. The topological polar surface area (TPSA) is 12.0 Å². The van der Waals surface area contributed by atoms with Crippen LogP contribution in [-0.4, -0.2) is 5.88 Å². The van der Waals surface area contributed by atoms with Gasteiger partial charge in [-0.15, -0.1) is 11.8 Å². The molecule has 0 saturated carbocycles. The third kappa shape index (κ3) is 1.90. The molecule has 1 aliphatic rings. The van der Waals surface area contributed by atoms with Crippen molar-refractivity contribution in [2.75, 3.05) is 11.2 Å². The molecule has 0 unspecified atom stereocenters. The standard InChI is InChI=1S/C7H7NS.C2H6/c1-2-4-7-6(3-1)8-5-9-7;1-2/h1-4,8H,5H2;1-2H3. The van der Waals surface area contributed by atoms with Crippen molar-refractivity contribution in [2.45, 2.75) is 18.7 Å².